The predicted molar refractivity (Wildman–Crippen MR) is 154 cm³/mol. The fourth-order valence-corrected chi connectivity index (χ4v) is 3.71. The summed E-state index contributed by atoms with van der Waals surface area (Å²) < 4.78 is 4.95. The molecule has 2 atom stereocenters. The van der Waals surface area contributed by atoms with E-state index in [1.54, 1.807) is 38.1 Å². The van der Waals surface area contributed by atoms with Crippen LogP contribution in [-0.2, 0) is 35.3 Å². The predicted octanol–water partition coefficient (Wildman–Crippen LogP) is 1.29. The zero-order chi connectivity index (χ0) is 30.8. The van der Waals surface area contributed by atoms with E-state index in [0.717, 1.165) is 5.56 Å². The van der Waals surface area contributed by atoms with Crippen LogP contribution in [0.25, 0.3) is 0 Å². The average Bonchev–Trinajstić information content (AvgIpc) is 2.92. The summed E-state index contributed by atoms with van der Waals surface area (Å²) in [7, 11) is 0. The molecule has 1 aromatic rings. The molecule has 0 radical (unpaired) electrons. The van der Waals surface area contributed by atoms with Crippen molar-refractivity contribution in [2.75, 3.05) is 24.3 Å². The van der Waals surface area contributed by atoms with E-state index in [0.29, 0.717) is 31.5 Å². The molecule has 0 saturated carbocycles. The molecular weight excluding hydrogens is 556 g/mol. The Hall–Kier alpha value is -3.87. The number of anilines is 1. The number of primary amides is 1. The van der Waals surface area contributed by atoms with Crippen LogP contribution in [0.1, 0.15) is 58.4 Å². The van der Waals surface area contributed by atoms with Crippen molar-refractivity contribution in [1.29, 1.82) is 0 Å². The molecule has 0 unspecified atom stereocenters. The standard InChI is InChI=1S/C27H41ClN6O7/c1-17(2)24(34-22(36)8-4-5-13-30-23(37)15-28)26(39)33-21(7-6-14-31-27(29)40)25(38)32-20-11-9-19(10-12-20)16-41-18(3)35/h9-12,17,21,24H,4-8,13-16H2,1-3H3,(H,30,37)(H,32,38)(H,33,39)(H,34,36)(H3,29,31,40)/t21-,24-/m0/s1. The molecule has 0 aliphatic heterocycles. The Morgan fingerprint density at radius 1 is 0.878 bits per heavy atom. The fraction of sp³-hybridized carbons (Fsp3) is 0.556. The molecule has 41 heavy (non-hydrogen) atoms. The minimum Gasteiger partial charge on any atom is -0.461 e. The van der Waals surface area contributed by atoms with Crippen molar-refractivity contribution in [3.63, 3.8) is 0 Å². The van der Waals surface area contributed by atoms with Gasteiger partial charge in [0.1, 0.15) is 24.6 Å². The summed E-state index contributed by atoms with van der Waals surface area (Å²) in [6, 6.07) is 4.11. The summed E-state index contributed by atoms with van der Waals surface area (Å²) in [6.45, 7) is 5.55. The third-order valence-electron chi connectivity index (χ3n) is 5.81. The molecule has 0 fully saturated rings. The number of unbranched alkanes of at least 4 members (excludes halogenated alkanes) is 1. The number of alkyl halides is 1. The number of amides is 6. The normalized spacial score (nSPS) is 12.0. The van der Waals surface area contributed by atoms with Crippen LogP contribution in [0, 0.1) is 5.92 Å². The van der Waals surface area contributed by atoms with Gasteiger partial charge in [-0.1, -0.05) is 26.0 Å². The quantitative estimate of drug-likeness (QED) is 0.0833. The smallest absolute Gasteiger partial charge is 0.312 e. The molecule has 6 amide bonds. The number of hydrogen-bond acceptors (Lipinski definition) is 7. The minimum atomic E-state index is -0.971. The number of ether oxygens (including phenoxy) is 1. The Labute approximate surface area is 245 Å². The highest BCUT2D eigenvalue weighted by molar-refractivity contribution is 6.27. The van der Waals surface area contributed by atoms with Crippen LogP contribution >= 0.6 is 11.6 Å². The maximum absolute atomic E-state index is 13.2. The van der Waals surface area contributed by atoms with Gasteiger partial charge in [-0.25, -0.2) is 4.79 Å². The van der Waals surface area contributed by atoms with Gasteiger partial charge >= 0.3 is 12.0 Å². The van der Waals surface area contributed by atoms with Gasteiger partial charge in [-0.2, -0.15) is 0 Å². The Kier molecular flexibility index (Phi) is 16.5. The molecule has 0 bridgehead atoms. The Balaban J connectivity index is 2.81. The van der Waals surface area contributed by atoms with Crippen LogP contribution in [0.3, 0.4) is 0 Å². The summed E-state index contributed by atoms with van der Waals surface area (Å²) in [6.07, 6.45) is 1.76. The number of hydrogen-bond donors (Lipinski definition) is 6. The van der Waals surface area contributed by atoms with Crippen molar-refractivity contribution in [3.8, 4) is 0 Å². The van der Waals surface area contributed by atoms with Crippen molar-refractivity contribution < 1.29 is 33.5 Å². The summed E-state index contributed by atoms with van der Waals surface area (Å²) in [5.41, 5.74) is 6.30. The molecule has 0 spiro atoms. The zero-order valence-electron chi connectivity index (χ0n) is 23.7. The molecule has 13 nitrogen and oxygen atoms in total. The average molecular weight is 597 g/mol. The first kappa shape index (κ1) is 35.2. The second-order valence-corrected chi connectivity index (χ2v) is 9.96. The number of esters is 1. The molecule has 14 heteroatoms. The topological polar surface area (TPSA) is 198 Å². The van der Waals surface area contributed by atoms with E-state index >= 15 is 0 Å². The van der Waals surface area contributed by atoms with Crippen molar-refractivity contribution in [2.45, 2.75) is 71.6 Å². The minimum absolute atomic E-state index is 0.0992. The third-order valence-corrected chi connectivity index (χ3v) is 6.05. The van der Waals surface area contributed by atoms with Gasteiger partial charge in [0.2, 0.25) is 23.6 Å². The second kappa shape index (κ2) is 19.2. The van der Waals surface area contributed by atoms with E-state index in [1.807, 2.05) is 0 Å². The highest BCUT2D eigenvalue weighted by atomic mass is 35.5. The molecule has 1 rings (SSSR count). The molecule has 0 aliphatic rings. The number of rotatable bonds is 18. The van der Waals surface area contributed by atoms with Crippen LogP contribution < -0.4 is 32.3 Å². The van der Waals surface area contributed by atoms with E-state index in [1.165, 1.54) is 6.92 Å². The molecule has 7 N–H and O–H groups in total. The van der Waals surface area contributed by atoms with Crippen molar-refractivity contribution in [1.82, 2.24) is 21.3 Å². The third kappa shape index (κ3) is 15.5. The lowest BCUT2D eigenvalue weighted by atomic mass is 10.0. The number of halogens is 1. The van der Waals surface area contributed by atoms with Crippen LogP contribution in [0.4, 0.5) is 10.5 Å². The fourth-order valence-electron chi connectivity index (χ4n) is 3.61. The first-order chi connectivity index (χ1) is 19.4. The molecule has 1 aromatic carbocycles. The van der Waals surface area contributed by atoms with Crippen molar-refractivity contribution >= 4 is 52.9 Å². The Morgan fingerprint density at radius 2 is 1.54 bits per heavy atom. The SMILES string of the molecule is CC(=O)OCc1ccc(NC(=O)[C@H](CCCNC(N)=O)NC(=O)[C@@H](NC(=O)CCCCNC(=O)CCl)C(C)C)cc1. The maximum Gasteiger partial charge on any atom is 0.312 e. The first-order valence-electron chi connectivity index (χ1n) is 13.4. The van der Waals surface area contributed by atoms with E-state index in [2.05, 4.69) is 26.6 Å². The summed E-state index contributed by atoms with van der Waals surface area (Å²) in [5.74, 6) is -2.44. The molecule has 0 aliphatic carbocycles. The van der Waals surface area contributed by atoms with Gasteiger partial charge in [-0.05, 0) is 49.3 Å². The van der Waals surface area contributed by atoms with Crippen LogP contribution in [0.15, 0.2) is 24.3 Å². The van der Waals surface area contributed by atoms with Crippen molar-refractivity contribution in [2.24, 2.45) is 11.7 Å². The van der Waals surface area contributed by atoms with Crippen LogP contribution in [0.5, 0.6) is 0 Å². The Morgan fingerprint density at radius 3 is 2.12 bits per heavy atom. The molecule has 228 valence electrons. The van der Waals surface area contributed by atoms with E-state index in [9.17, 15) is 28.8 Å². The van der Waals surface area contributed by atoms with Gasteiger partial charge in [0.15, 0.2) is 0 Å². The van der Waals surface area contributed by atoms with E-state index < -0.39 is 35.9 Å². The van der Waals surface area contributed by atoms with Gasteiger partial charge in [-0.15, -0.1) is 11.6 Å². The molecule has 0 heterocycles. The molecule has 0 saturated heterocycles. The van der Waals surface area contributed by atoms with Gasteiger partial charge in [0, 0.05) is 32.1 Å². The molecule has 0 aromatic heterocycles. The van der Waals surface area contributed by atoms with Gasteiger partial charge in [0.25, 0.3) is 0 Å². The van der Waals surface area contributed by atoms with E-state index in [4.69, 9.17) is 22.1 Å². The summed E-state index contributed by atoms with van der Waals surface area (Å²) in [4.78, 5) is 72.0. The lowest BCUT2D eigenvalue weighted by Crippen LogP contribution is -2.54. The zero-order valence-corrected chi connectivity index (χ0v) is 24.5. The van der Waals surface area contributed by atoms with Gasteiger partial charge < -0.3 is 37.1 Å². The van der Waals surface area contributed by atoms with Crippen molar-refractivity contribution in [3.05, 3.63) is 29.8 Å². The monoisotopic (exact) mass is 596 g/mol. The maximum atomic E-state index is 13.2. The van der Waals surface area contributed by atoms with Crippen LogP contribution in [-0.4, -0.2) is 66.7 Å². The Bertz CT molecular complexity index is 1040. The molecular formula is C27H41ClN6O7. The largest absolute Gasteiger partial charge is 0.461 e. The number of benzene rings is 1. The number of nitrogens with one attached hydrogen (secondary N) is 5. The summed E-state index contributed by atoms with van der Waals surface area (Å²) in [5, 5.41) is 13.3. The van der Waals surface area contributed by atoms with Gasteiger partial charge in [0.05, 0.1) is 0 Å². The van der Waals surface area contributed by atoms with E-state index in [-0.39, 0.29) is 49.6 Å². The first-order valence-corrected chi connectivity index (χ1v) is 13.9. The summed E-state index contributed by atoms with van der Waals surface area (Å²) >= 11 is 5.43. The number of urea groups is 1. The number of carbonyl (C=O) groups excluding carboxylic acids is 6. The lowest BCUT2D eigenvalue weighted by molar-refractivity contribution is -0.142. The number of carbonyl (C=O) groups is 6. The highest BCUT2D eigenvalue weighted by Gasteiger charge is 2.28. The highest BCUT2D eigenvalue weighted by Crippen LogP contribution is 2.13. The number of nitrogens with two attached hydrogens (primary N) is 1. The van der Waals surface area contributed by atoms with Crippen LogP contribution in [0.2, 0.25) is 0 Å². The van der Waals surface area contributed by atoms with Gasteiger partial charge in [-0.3, -0.25) is 24.0 Å². The second-order valence-electron chi connectivity index (χ2n) is 9.69. The lowest BCUT2D eigenvalue weighted by Gasteiger charge is -2.25.